The van der Waals surface area contributed by atoms with Crippen molar-refractivity contribution in [1.82, 2.24) is 25.1 Å². The molecule has 0 unspecified atom stereocenters. The lowest BCUT2D eigenvalue weighted by Crippen LogP contribution is -2.26. The van der Waals surface area contributed by atoms with Crippen LogP contribution in [0.4, 0.5) is 5.82 Å². The van der Waals surface area contributed by atoms with E-state index in [-0.39, 0.29) is 5.82 Å². The lowest BCUT2D eigenvalue weighted by atomic mass is 10.5. The molecule has 2 aromatic heterocycles. The minimum atomic E-state index is -0.632. The highest BCUT2D eigenvalue weighted by Crippen LogP contribution is 1.94. The van der Waals surface area contributed by atoms with Crippen LogP contribution < -0.4 is 16.6 Å². The molecule has 0 bridgehead atoms. The summed E-state index contributed by atoms with van der Waals surface area (Å²) in [4.78, 5) is 30.5. The van der Waals surface area contributed by atoms with Crippen molar-refractivity contribution >= 4 is 5.82 Å². The quantitative estimate of drug-likeness (QED) is 0.504. The fourth-order valence-corrected chi connectivity index (χ4v) is 1.03. The van der Waals surface area contributed by atoms with E-state index in [1.807, 2.05) is 0 Å². The molecule has 0 aromatic carbocycles. The fourth-order valence-electron chi connectivity index (χ4n) is 1.03. The Morgan fingerprint density at radius 1 is 1.40 bits per heavy atom. The van der Waals surface area contributed by atoms with E-state index in [9.17, 15) is 9.59 Å². The molecule has 2 rings (SSSR count). The molecule has 0 aliphatic carbocycles. The second-order valence-electron chi connectivity index (χ2n) is 2.79. The molecular formula is C7H8N6O2. The Morgan fingerprint density at radius 3 is 2.93 bits per heavy atom. The lowest BCUT2D eigenvalue weighted by Gasteiger charge is -2.00. The van der Waals surface area contributed by atoms with Gasteiger partial charge in [0, 0.05) is 6.20 Å². The molecule has 0 aliphatic heterocycles. The van der Waals surface area contributed by atoms with Crippen LogP contribution in [0.1, 0.15) is 5.69 Å². The van der Waals surface area contributed by atoms with Crippen LogP contribution in [0.25, 0.3) is 0 Å². The number of hydrogen-bond acceptors (Lipinski definition) is 5. The average Bonchev–Trinajstić information content (AvgIpc) is 2.69. The average molecular weight is 208 g/mol. The predicted octanol–water partition coefficient (Wildman–Crippen LogP) is -1.21. The van der Waals surface area contributed by atoms with Gasteiger partial charge in [-0.1, -0.05) is 0 Å². The van der Waals surface area contributed by atoms with Gasteiger partial charge >= 0.3 is 5.69 Å². The van der Waals surface area contributed by atoms with Crippen molar-refractivity contribution in [2.24, 2.45) is 0 Å². The number of rotatable bonds is 3. The molecule has 0 saturated carbocycles. The Kier molecular flexibility index (Phi) is 2.31. The number of aromatic amines is 3. The first kappa shape index (κ1) is 9.19. The molecule has 0 aliphatic rings. The molecule has 0 fully saturated rings. The third-order valence-electron chi connectivity index (χ3n) is 1.71. The van der Waals surface area contributed by atoms with E-state index in [0.717, 1.165) is 5.69 Å². The minimum absolute atomic E-state index is 0.0594. The van der Waals surface area contributed by atoms with E-state index in [4.69, 9.17) is 0 Å². The maximum Gasteiger partial charge on any atom is 0.342 e. The van der Waals surface area contributed by atoms with Crippen LogP contribution >= 0.6 is 0 Å². The number of nitrogens with zero attached hydrogens (tertiary/aromatic N) is 2. The summed E-state index contributed by atoms with van der Waals surface area (Å²) in [6.45, 7) is 0.377. The van der Waals surface area contributed by atoms with Crippen LogP contribution in [0.2, 0.25) is 0 Å². The van der Waals surface area contributed by atoms with Crippen molar-refractivity contribution in [1.29, 1.82) is 0 Å². The van der Waals surface area contributed by atoms with E-state index in [2.05, 4.69) is 30.5 Å². The standard InChI is InChI=1S/C7H8N6O2/c14-6-5(12-13-7(15)11-6)9-2-4-1-8-3-10-4/h1,3H,2H2,(H,8,10)(H,9,12)(H2,11,13,14,15). The van der Waals surface area contributed by atoms with Gasteiger partial charge in [-0.2, -0.15) is 0 Å². The normalized spacial score (nSPS) is 10.1. The first-order valence-electron chi connectivity index (χ1n) is 4.16. The zero-order valence-electron chi connectivity index (χ0n) is 7.57. The summed E-state index contributed by atoms with van der Waals surface area (Å²) in [6.07, 6.45) is 3.15. The zero-order valence-corrected chi connectivity index (χ0v) is 7.57. The summed E-state index contributed by atoms with van der Waals surface area (Å²) in [5.74, 6) is 0.0594. The van der Waals surface area contributed by atoms with E-state index < -0.39 is 11.2 Å². The molecule has 2 heterocycles. The highest BCUT2D eigenvalue weighted by Gasteiger charge is 2.01. The summed E-state index contributed by atoms with van der Waals surface area (Å²) in [5.41, 5.74) is -0.382. The number of imidazole rings is 1. The zero-order chi connectivity index (χ0) is 10.7. The van der Waals surface area contributed by atoms with Crippen LogP contribution in [0.15, 0.2) is 22.1 Å². The van der Waals surface area contributed by atoms with Crippen LogP contribution in [-0.2, 0) is 6.54 Å². The van der Waals surface area contributed by atoms with Gasteiger partial charge in [0.15, 0.2) is 0 Å². The minimum Gasteiger partial charge on any atom is -0.358 e. The number of nitrogens with one attached hydrogen (secondary N) is 4. The molecule has 8 heteroatoms. The van der Waals surface area contributed by atoms with Gasteiger partial charge in [0.25, 0.3) is 5.56 Å². The van der Waals surface area contributed by atoms with Crippen molar-refractivity contribution in [3.8, 4) is 0 Å². The van der Waals surface area contributed by atoms with Gasteiger partial charge in [-0.15, -0.1) is 5.10 Å². The molecule has 78 valence electrons. The van der Waals surface area contributed by atoms with Crippen LogP contribution in [0, 0.1) is 0 Å². The highest BCUT2D eigenvalue weighted by molar-refractivity contribution is 5.29. The smallest absolute Gasteiger partial charge is 0.342 e. The lowest BCUT2D eigenvalue weighted by molar-refractivity contribution is 0.879. The van der Waals surface area contributed by atoms with Gasteiger partial charge < -0.3 is 10.3 Å². The predicted molar refractivity (Wildman–Crippen MR) is 51.4 cm³/mol. The first-order valence-corrected chi connectivity index (χ1v) is 4.16. The number of hydrogen-bond donors (Lipinski definition) is 4. The monoisotopic (exact) mass is 208 g/mol. The van der Waals surface area contributed by atoms with Gasteiger partial charge in [-0.3, -0.25) is 9.78 Å². The Bertz CT molecular complexity index is 539. The highest BCUT2D eigenvalue weighted by atomic mass is 16.2. The molecular weight excluding hydrogens is 200 g/mol. The SMILES string of the molecule is O=c1[nH]nc(NCc2cnc[nH]2)c(=O)[nH]1. The Labute approximate surface area is 82.8 Å². The van der Waals surface area contributed by atoms with E-state index in [1.54, 1.807) is 6.20 Å². The van der Waals surface area contributed by atoms with Gasteiger partial charge in [0.2, 0.25) is 5.82 Å². The van der Waals surface area contributed by atoms with E-state index in [0.29, 0.717) is 6.54 Å². The number of aromatic nitrogens is 5. The van der Waals surface area contributed by atoms with Gasteiger partial charge in [0.1, 0.15) is 0 Å². The Morgan fingerprint density at radius 2 is 2.27 bits per heavy atom. The summed E-state index contributed by atoms with van der Waals surface area (Å²) < 4.78 is 0. The maximum absolute atomic E-state index is 11.2. The Hall–Kier alpha value is -2.38. The van der Waals surface area contributed by atoms with Gasteiger partial charge in [0.05, 0.1) is 18.6 Å². The number of anilines is 1. The summed E-state index contributed by atoms with van der Waals surface area (Å²) in [6, 6.07) is 0. The second kappa shape index (κ2) is 3.78. The topological polar surface area (TPSA) is 119 Å². The first-order chi connectivity index (χ1) is 7.25. The molecule has 4 N–H and O–H groups in total. The largest absolute Gasteiger partial charge is 0.358 e. The van der Waals surface area contributed by atoms with Crippen molar-refractivity contribution in [2.75, 3.05) is 5.32 Å². The van der Waals surface area contributed by atoms with Crippen LogP contribution in [-0.4, -0.2) is 25.1 Å². The van der Waals surface area contributed by atoms with Crippen LogP contribution in [0.5, 0.6) is 0 Å². The molecule has 0 radical (unpaired) electrons. The third-order valence-corrected chi connectivity index (χ3v) is 1.71. The van der Waals surface area contributed by atoms with Crippen molar-refractivity contribution in [2.45, 2.75) is 6.54 Å². The van der Waals surface area contributed by atoms with E-state index >= 15 is 0 Å². The maximum atomic E-state index is 11.2. The summed E-state index contributed by atoms with van der Waals surface area (Å²) in [7, 11) is 0. The summed E-state index contributed by atoms with van der Waals surface area (Å²) >= 11 is 0. The fraction of sp³-hybridized carbons (Fsp3) is 0.143. The van der Waals surface area contributed by atoms with E-state index in [1.165, 1.54) is 6.33 Å². The van der Waals surface area contributed by atoms with Crippen molar-refractivity contribution in [3.05, 3.63) is 39.1 Å². The van der Waals surface area contributed by atoms with Gasteiger partial charge in [-0.05, 0) is 0 Å². The molecule has 0 atom stereocenters. The molecule has 0 amide bonds. The molecule has 15 heavy (non-hydrogen) atoms. The second-order valence-corrected chi connectivity index (χ2v) is 2.79. The third kappa shape index (κ3) is 2.10. The van der Waals surface area contributed by atoms with Gasteiger partial charge in [-0.25, -0.2) is 14.9 Å². The Balaban J connectivity index is 2.12. The van der Waals surface area contributed by atoms with Crippen molar-refractivity contribution < 1.29 is 0 Å². The molecule has 0 spiro atoms. The van der Waals surface area contributed by atoms with Crippen LogP contribution in [0.3, 0.4) is 0 Å². The van der Waals surface area contributed by atoms with Crippen molar-refractivity contribution in [3.63, 3.8) is 0 Å². The molecule has 0 saturated heterocycles. The summed E-state index contributed by atoms with van der Waals surface area (Å²) in [5, 5.41) is 8.42. The number of H-pyrrole nitrogens is 3. The molecule has 8 nitrogen and oxygen atoms in total. The molecule has 2 aromatic rings.